The summed E-state index contributed by atoms with van der Waals surface area (Å²) in [5.41, 5.74) is 1.52. The molecule has 0 aliphatic carbocycles. The molecule has 0 fully saturated rings. The third kappa shape index (κ3) is 2.06. The number of carbonyl (C=O) groups is 2. The molecule has 0 spiro atoms. The van der Waals surface area contributed by atoms with E-state index in [0.29, 0.717) is 22.4 Å². The quantitative estimate of drug-likeness (QED) is 0.356. The van der Waals surface area contributed by atoms with E-state index in [1.807, 2.05) is 12.1 Å². The highest BCUT2D eigenvalue weighted by atomic mass is 16.5. The number of fused-ring (bicyclic) bond motifs is 1. The van der Waals surface area contributed by atoms with Crippen LogP contribution < -0.4 is 4.74 Å². The first-order valence-corrected chi connectivity index (χ1v) is 5.88. The van der Waals surface area contributed by atoms with E-state index >= 15 is 0 Å². The van der Waals surface area contributed by atoms with Gasteiger partial charge in [-0.15, -0.1) is 0 Å². The normalized spacial score (nSPS) is 15.2. The Morgan fingerprint density at radius 3 is 2.42 bits per heavy atom. The third-order valence-electron chi connectivity index (χ3n) is 2.93. The summed E-state index contributed by atoms with van der Waals surface area (Å²) in [5.74, 6) is -0.186. The summed E-state index contributed by atoms with van der Waals surface area (Å²) in [6.45, 7) is 0. The summed E-state index contributed by atoms with van der Waals surface area (Å²) in [4.78, 5) is 23.8. The Hall–Kier alpha value is -2.68. The molecule has 0 unspecified atom stereocenters. The molecule has 3 nitrogen and oxygen atoms in total. The number of rotatable bonds is 2. The van der Waals surface area contributed by atoms with Gasteiger partial charge in [-0.25, -0.2) is 4.79 Å². The minimum absolute atomic E-state index is 0.204. The number of esters is 1. The predicted octanol–water partition coefficient (Wildman–Crippen LogP) is 2.87. The fourth-order valence-electron chi connectivity index (χ4n) is 2.00. The number of benzene rings is 2. The molecule has 2 aromatic rings. The van der Waals surface area contributed by atoms with Crippen molar-refractivity contribution in [2.24, 2.45) is 0 Å². The Morgan fingerprint density at radius 2 is 1.63 bits per heavy atom. The number of hydrogen-bond acceptors (Lipinski definition) is 3. The first kappa shape index (κ1) is 11.4. The lowest BCUT2D eigenvalue weighted by atomic mass is 10.0. The van der Waals surface area contributed by atoms with Crippen LogP contribution in [0.15, 0.2) is 60.7 Å². The molecule has 1 heterocycles. The third-order valence-corrected chi connectivity index (χ3v) is 2.93. The van der Waals surface area contributed by atoms with Gasteiger partial charge in [-0.05, 0) is 6.07 Å². The average Bonchev–Trinajstić information content (AvgIpc) is 2.76. The van der Waals surface area contributed by atoms with Crippen molar-refractivity contribution in [3.05, 3.63) is 71.8 Å². The van der Waals surface area contributed by atoms with Gasteiger partial charge < -0.3 is 4.74 Å². The van der Waals surface area contributed by atoms with Crippen LogP contribution in [0, 0.1) is 0 Å². The second-order valence-electron chi connectivity index (χ2n) is 4.17. The van der Waals surface area contributed by atoms with Crippen LogP contribution >= 0.6 is 0 Å². The van der Waals surface area contributed by atoms with Crippen molar-refractivity contribution in [1.29, 1.82) is 0 Å². The lowest BCUT2D eigenvalue weighted by molar-refractivity contribution is -0.127. The lowest BCUT2D eigenvalue weighted by Gasteiger charge is -1.96. The number of allylic oxidation sites excluding steroid dienone is 1. The van der Waals surface area contributed by atoms with Crippen LogP contribution in [0.1, 0.15) is 15.9 Å². The molecule has 0 N–H and O–H groups in total. The van der Waals surface area contributed by atoms with E-state index in [1.165, 1.54) is 6.08 Å². The summed E-state index contributed by atoms with van der Waals surface area (Å²) in [6, 6.07) is 15.9. The highest BCUT2D eigenvalue weighted by molar-refractivity contribution is 6.27. The molecule has 1 aliphatic heterocycles. The molecule has 0 aromatic heterocycles. The van der Waals surface area contributed by atoms with E-state index in [1.54, 1.807) is 42.5 Å². The topological polar surface area (TPSA) is 43.4 Å². The summed E-state index contributed by atoms with van der Waals surface area (Å²) in [7, 11) is 0. The highest BCUT2D eigenvalue weighted by Gasteiger charge is 2.27. The Kier molecular flexibility index (Phi) is 2.72. The molecule has 1 aliphatic rings. The van der Waals surface area contributed by atoms with Crippen molar-refractivity contribution in [1.82, 2.24) is 0 Å². The molecule has 0 saturated carbocycles. The van der Waals surface area contributed by atoms with E-state index < -0.39 is 5.97 Å². The molecule has 0 bridgehead atoms. The van der Waals surface area contributed by atoms with Crippen molar-refractivity contribution >= 4 is 17.3 Å². The molecule has 19 heavy (non-hydrogen) atoms. The van der Waals surface area contributed by atoms with Gasteiger partial charge in [0.05, 0.1) is 5.57 Å². The highest BCUT2D eigenvalue weighted by Crippen LogP contribution is 2.33. The van der Waals surface area contributed by atoms with Crippen LogP contribution in [-0.2, 0) is 4.79 Å². The molecular formula is C16H10O3. The Balaban J connectivity index is 2.01. The second kappa shape index (κ2) is 4.53. The molecule has 2 aromatic carbocycles. The average molecular weight is 250 g/mol. The van der Waals surface area contributed by atoms with Gasteiger partial charge in [0.1, 0.15) is 5.75 Å². The van der Waals surface area contributed by atoms with E-state index in [4.69, 9.17) is 4.74 Å². The van der Waals surface area contributed by atoms with Crippen molar-refractivity contribution in [2.75, 3.05) is 0 Å². The fourth-order valence-corrected chi connectivity index (χ4v) is 2.00. The largest absolute Gasteiger partial charge is 0.422 e. The van der Waals surface area contributed by atoms with Crippen LogP contribution in [0.5, 0.6) is 5.75 Å². The fraction of sp³-hybridized carbons (Fsp3) is 0. The molecule has 0 radical (unpaired) electrons. The van der Waals surface area contributed by atoms with Gasteiger partial charge >= 0.3 is 5.97 Å². The van der Waals surface area contributed by atoms with Gasteiger partial charge in [-0.3, -0.25) is 4.79 Å². The summed E-state index contributed by atoms with van der Waals surface area (Å²) >= 11 is 0. The van der Waals surface area contributed by atoms with Gasteiger partial charge in [0.2, 0.25) is 0 Å². The minimum Gasteiger partial charge on any atom is -0.422 e. The van der Waals surface area contributed by atoms with Crippen LogP contribution in [0.4, 0.5) is 0 Å². The van der Waals surface area contributed by atoms with Crippen molar-refractivity contribution < 1.29 is 14.3 Å². The lowest BCUT2D eigenvalue weighted by Crippen LogP contribution is -2.03. The van der Waals surface area contributed by atoms with E-state index in [0.717, 1.165) is 0 Å². The zero-order valence-corrected chi connectivity index (χ0v) is 10.00. The predicted molar refractivity (Wildman–Crippen MR) is 70.8 cm³/mol. The smallest absolute Gasteiger partial charge is 0.344 e. The molecule has 0 saturated heterocycles. The number of carbonyl (C=O) groups excluding carboxylic acids is 2. The Morgan fingerprint density at radius 1 is 0.947 bits per heavy atom. The maximum atomic E-state index is 12.1. The first-order chi connectivity index (χ1) is 9.25. The van der Waals surface area contributed by atoms with Gasteiger partial charge in [0.25, 0.3) is 0 Å². The van der Waals surface area contributed by atoms with Crippen molar-refractivity contribution in [3.8, 4) is 5.75 Å². The molecule has 92 valence electrons. The monoisotopic (exact) mass is 250 g/mol. The Bertz CT molecular complexity index is 684. The van der Waals surface area contributed by atoms with Crippen LogP contribution in [-0.4, -0.2) is 11.8 Å². The van der Waals surface area contributed by atoms with Crippen molar-refractivity contribution in [3.63, 3.8) is 0 Å². The summed E-state index contributed by atoms with van der Waals surface area (Å²) in [5, 5.41) is 0. The maximum absolute atomic E-state index is 12.1. The van der Waals surface area contributed by atoms with Crippen molar-refractivity contribution in [2.45, 2.75) is 0 Å². The second-order valence-corrected chi connectivity index (χ2v) is 4.17. The van der Waals surface area contributed by atoms with Crippen LogP contribution in [0.25, 0.3) is 5.57 Å². The van der Waals surface area contributed by atoms with E-state index in [9.17, 15) is 9.59 Å². The summed E-state index contributed by atoms with van der Waals surface area (Å²) < 4.78 is 5.10. The molecule has 3 rings (SSSR count). The minimum atomic E-state index is -0.481. The zero-order chi connectivity index (χ0) is 13.2. The summed E-state index contributed by atoms with van der Waals surface area (Å²) in [6.07, 6.45) is 1.34. The van der Waals surface area contributed by atoms with Gasteiger partial charge in [-0.2, -0.15) is 0 Å². The SMILES string of the molecule is O=C1Oc2ccccc2/C1=C\C(=O)c1ccccc1. The molecule has 3 heteroatoms. The zero-order valence-electron chi connectivity index (χ0n) is 10.00. The number of ketones is 1. The van der Waals surface area contributed by atoms with Crippen LogP contribution in [0.3, 0.4) is 0 Å². The molecule has 0 amide bonds. The van der Waals surface area contributed by atoms with Crippen LogP contribution in [0.2, 0.25) is 0 Å². The first-order valence-electron chi connectivity index (χ1n) is 5.88. The van der Waals surface area contributed by atoms with Gasteiger partial charge in [0.15, 0.2) is 5.78 Å². The number of ether oxygens (including phenoxy) is 1. The van der Waals surface area contributed by atoms with Gasteiger partial charge in [0, 0.05) is 17.2 Å². The number of para-hydroxylation sites is 1. The number of hydrogen-bond donors (Lipinski definition) is 0. The molecule has 0 atom stereocenters. The standard InChI is InChI=1S/C16H10O3/c17-14(11-6-2-1-3-7-11)10-13-12-8-4-5-9-15(12)19-16(13)18/h1-10H/b13-10+. The maximum Gasteiger partial charge on any atom is 0.344 e. The van der Waals surface area contributed by atoms with E-state index in [2.05, 4.69) is 0 Å². The van der Waals surface area contributed by atoms with Gasteiger partial charge in [-0.1, -0.05) is 48.5 Å². The van der Waals surface area contributed by atoms with E-state index in [-0.39, 0.29) is 5.78 Å². The Labute approximate surface area is 110 Å². The molecular weight excluding hydrogens is 240 g/mol.